The smallest absolute Gasteiger partial charge is 0.274 e. The molecule has 1 aromatic heterocycles. The number of benzene rings is 3. The van der Waals surface area contributed by atoms with Crippen LogP contribution in [0.1, 0.15) is 38.5 Å². The maximum absolute atomic E-state index is 14.4. The number of imide groups is 1. The van der Waals surface area contributed by atoms with Gasteiger partial charge in [0.05, 0.1) is 22.2 Å². The lowest BCUT2D eigenvalue weighted by atomic mass is 9.47. The lowest BCUT2D eigenvalue weighted by Crippen LogP contribution is -2.54. The van der Waals surface area contributed by atoms with Gasteiger partial charge in [0.15, 0.2) is 0 Å². The third-order valence-electron chi connectivity index (χ3n) is 8.38. The molecule has 8 rings (SSSR count). The molecule has 200 valence electrons. The van der Waals surface area contributed by atoms with E-state index in [9.17, 15) is 24.5 Å². The highest BCUT2D eigenvalue weighted by atomic mass is 16.6. The van der Waals surface area contributed by atoms with Gasteiger partial charge in [0, 0.05) is 36.2 Å². The number of pyridine rings is 1. The highest BCUT2D eigenvalue weighted by Crippen LogP contribution is 2.63. The Hall–Kier alpha value is -5.51. The molecular weight excluding hydrogens is 522 g/mol. The summed E-state index contributed by atoms with van der Waals surface area (Å²) in [4.78, 5) is 57.6. The predicted molar refractivity (Wildman–Crippen MR) is 148 cm³/mol. The summed E-state index contributed by atoms with van der Waals surface area (Å²) < 4.78 is 0. The number of nitrogens with one attached hydrogen (secondary N) is 1. The molecule has 2 bridgehead atoms. The van der Waals surface area contributed by atoms with E-state index >= 15 is 0 Å². The van der Waals surface area contributed by atoms with Crippen molar-refractivity contribution in [3.8, 4) is 0 Å². The van der Waals surface area contributed by atoms with Crippen LogP contribution >= 0.6 is 0 Å². The van der Waals surface area contributed by atoms with Crippen molar-refractivity contribution in [2.45, 2.75) is 11.3 Å². The summed E-state index contributed by atoms with van der Waals surface area (Å²) in [6.45, 7) is 0. The van der Waals surface area contributed by atoms with E-state index in [1.54, 1.807) is 24.4 Å². The molecule has 4 aliphatic rings. The summed E-state index contributed by atoms with van der Waals surface area (Å²) in [5, 5.41) is 16.2. The second-order valence-corrected chi connectivity index (χ2v) is 10.2. The van der Waals surface area contributed by atoms with Gasteiger partial charge < -0.3 is 0 Å². The number of hydrazone groups is 1. The molecule has 0 unspecified atom stereocenters. The maximum Gasteiger partial charge on any atom is 0.293 e. The Balaban J connectivity index is 1.43. The maximum atomic E-state index is 14.4. The van der Waals surface area contributed by atoms with Crippen LogP contribution < -0.4 is 10.3 Å². The lowest BCUT2D eigenvalue weighted by molar-refractivity contribution is -0.384. The van der Waals surface area contributed by atoms with E-state index in [1.807, 2.05) is 48.5 Å². The van der Waals surface area contributed by atoms with Gasteiger partial charge >= 0.3 is 0 Å². The largest absolute Gasteiger partial charge is 0.293 e. The number of aromatic nitrogens is 1. The standard InChI is InChI=1S/C31H21N5O5/c37-28(18-13-15-32-16-14-18)34-33-17-31-21-9-3-1-7-19(21)25(20-8-2-4-10-22(20)31)26-27(31)30(39)35(29(26)38)23-11-5-6-12-24(23)36(40)41/h1-17,25-27H,(H,34,37)/b33-17-/t25?,26-,27+,31?/m0/s1. The van der Waals surface area contributed by atoms with E-state index < -0.39 is 45.8 Å². The van der Waals surface area contributed by atoms with Gasteiger partial charge in [-0.3, -0.25) is 29.5 Å². The fraction of sp³-hybridized carbons (Fsp3) is 0.129. The van der Waals surface area contributed by atoms with Gasteiger partial charge in [0.1, 0.15) is 5.69 Å². The molecule has 10 heteroatoms. The molecule has 2 heterocycles. The highest BCUT2D eigenvalue weighted by molar-refractivity contribution is 6.25. The average Bonchev–Trinajstić information content (AvgIpc) is 3.28. The first kappa shape index (κ1) is 24.5. The summed E-state index contributed by atoms with van der Waals surface area (Å²) in [5.74, 6) is -3.70. The minimum Gasteiger partial charge on any atom is -0.274 e. The molecule has 4 aromatic rings. The first-order chi connectivity index (χ1) is 19.9. The minimum atomic E-state index is -1.22. The van der Waals surface area contributed by atoms with Gasteiger partial charge in [-0.15, -0.1) is 0 Å². The molecule has 3 aliphatic carbocycles. The molecule has 1 fully saturated rings. The Kier molecular flexibility index (Phi) is 5.40. The van der Waals surface area contributed by atoms with Crippen LogP contribution in [0.2, 0.25) is 0 Å². The number of carbonyl (C=O) groups excluding carboxylic acids is 3. The summed E-state index contributed by atoms with van der Waals surface area (Å²) in [6.07, 6.45) is 4.54. The molecule has 41 heavy (non-hydrogen) atoms. The van der Waals surface area contributed by atoms with Crippen LogP contribution in [-0.2, 0) is 15.0 Å². The van der Waals surface area contributed by atoms with Crippen molar-refractivity contribution in [1.29, 1.82) is 0 Å². The molecule has 1 aliphatic heterocycles. The molecule has 1 N–H and O–H groups in total. The molecule has 0 saturated carbocycles. The quantitative estimate of drug-likeness (QED) is 0.175. The van der Waals surface area contributed by atoms with E-state index in [2.05, 4.69) is 15.5 Å². The highest BCUT2D eigenvalue weighted by Gasteiger charge is 2.68. The van der Waals surface area contributed by atoms with Gasteiger partial charge in [0.25, 0.3) is 11.6 Å². The first-order valence-electron chi connectivity index (χ1n) is 13.0. The van der Waals surface area contributed by atoms with Crippen molar-refractivity contribution in [2.24, 2.45) is 16.9 Å². The zero-order valence-corrected chi connectivity index (χ0v) is 21.4. The molecular formula is C31H21N5O5. The molecule has 0 radical (unpaired) electrons. The topological polar surface area (TPSA) is 135 Å². The van der Waals surface area contributed by atoms with Crippen LogP contribution in [0.4, 0.5) is 11.4 Å². The van der Waals surface area contributed by atoms with Crippen molar-refractivity contribution in [1.82, 2.24) is 10.4 Å². The van der Waals surface area contributed by atoms with Gasteiger partial charge in [0.2, 0.25) is 11.8 Å². The number of para-hydroxylation sites is 2. The summed E-state index contributed by atoms with van der Waals surface area (Å²) in [6, 6.07) is 24.1. The molecule has 10 nitrogen and oxygen atoms in total. The van der Waals surface area contributed by atoms with Crippen molar-refractivity contribution >= 4 is 35.3 Å². The lowest BCUT2D eigenvalue weighted by Gasteiger charge is -2.52. The number of carbonyl (C=O) groups is 3. The second kappa shape index (κ2) is 9.02. The number of nitro groups is 1. The number of hydrogen-bond donors (Lipinski definition) is 1. The Labute approximate surface area is 233 Å². The van der Waals surface area contributed by atoms with E-state index in [0.29, 0.717) is 5.56 Å². The van der Waals surface area contributed by atoms with Crippen LogP contribution in [0.15, 0.2) is 102 Å². The van der Waals surface area contributed by atoms with Crippen LogP contribution in [0.5, 0.6) is 0 Å². The third-order valence-corrected chi connectivity index (χ3v) is 8.38. The van der Waals surface area contributed by atoms with Crippen LogP contribution in [0, 0.1) is 22.0 Å². The molecule has 2 atom stereocenters. The van der Waals surface area contributed by atoms with Gasteiger partial charge in [-0.05, 0) is 40.5 Å². The Morgan fingerprint density at radius 3 is 2.17 bits per heavy atom. The number of anilines is 1. The number of rotatable bonds is 5. The monoisotopic (exact) mass is 543 g/mol. The Bertz CT molecular complexity index is 1760. The zero-order valence-electron chi connectivity index (χ0n) is 21.4. The average molecular weight is 544 g/mol. The van der Waals surface area contributed by atoms with E-state index in [0.717, 1.165) is 27.2 Å². The van der Waals surface area contributed by atoms with Crippen LogP contribution in [0.3, 0.4) is 0 Å². The van der Waals surface area contributed by atoms with Gasteiger partial charge in [-0.2, -0.15) is 5.10 Å². The summed E-state index contributed by atoms with van der Waals surface area (Å²) >= 11 is 0. The minimum absolute atomic E-state index is 0.0625. The van der Waals surface area contributed by atoms with E-state index in [4.69, 9.17) is 0 Å². The first-order valence-corrected chi connectivity index (χ1v) is 13.0. The van der Waals surface area contributed by atoms with E-state index in [1.165, 1.54) is 30.6 Å². The Morgan fingerprint density at radius 1 is 0.902 bits per heavy atom. The van der Waals surface area contributed by atoms with Crippen LogP contribution in [0.25, 0.3) is 0 Å². The van der Waals surface area contributed by atoms with Crippen molar-refractivity contribution in [3.63, 3.8) is 0 Å². The van der Waals surface area contributed by atoms with Crippen molar-refractivity contribution in [3.05, 3.63) is 135 Å². The Morgan fingerprint density at radius 2 is 1.51 bits per heavy atom. The molecule has 0 spiro atoms. The van der Waals surface area contributed by atoms with Gasteiger partial charge in [-0.25, -0.2) is 10.3 Å². The molecule has 3 aromatic carbocycles. The normalized spacial score (nSPS) is 23.7. The fourth-order valence-corrected chi connectivity index (χ4v) is 6.86. The van der Waals surface area contributed by atoms with Crippen molar-refractivity contribution < 1.29 is 19.3 Å². The summed E-state index contributed by atoms with van der Waals surface area (Å²) in [7, 11) is 0. The van der Waals surface area contributed by atoms with Crippen molar-refractivity contribution in [2.75, 3.05) is 4.90 Å². The predicted octanol–water partition coefficient (Wildman–Crippen LogP) is 3.96. The van der Waals surface area contributed by atoms with Gasteiger partial charge in [-0.1, -0.05) is 60.7 Å². The summed E-state index contributed by atoms with van der Waals surface area (Å²) in [5.41, 5.74) is 4.67. The molecule has 3 amide bonds. The number of nitrogens with zero attached hydrogens (tertiary/aromatic N) is 4. The SMILES string of the molecule is O=C(N/N=C\C12c3ccccc3C(c3ccccc31)[C@@H]1C(=O)N(c3ccccc3[N+](=O)[O-])C(=O)[C@@H]12)c1ccncc1. The van der Waals surface area contributed by atoms with E-state index in [-0.39, 0.29) is 11.4 Å². The third kappa shape index (κ3) is 3.33. The fourth-order valence-electron chi connectivity index (χ4n) is 6.86. The number of hydrogen-bond acceptors (Lipinski definition) is 7. The number of amides is 3. The second-order valence-electron chi connectivity index (χ2n) is 10.2. The zero-order chi connectivity index (χ0) is 28.3. The van der Waals surface area contributed by atoms with Crippen LogP contribution in [-0.4, -0.2) is 33.8 Å². The molecule has 1 saturated heterocycles. The number of nitro benzene ring substituents is 1.